The Hall–Kier alpha value is -16.3. The van der Waals surface area contributed by atoms with Gasteiger partial charge in [0.05, 0.1) is 94.9 Å². The summed E-state index contributed by atoms with van der Waals surface area (Å²) < 4.78 is 1.76. The molecule has 6 atom stereocenters. The number of nitriles is 1. The highest BCUT2D eigenvalue weighted by Crippen LogP contribution is 2.28. The average Bonchev–Trinajstić information content (AvgIpc) is 0.845. The van der Waals surface area contributed by atoms with Gasteiger partial charge in [0.2, 0.25) is 29.5 Å². The number of amides is 5. The van der Waals surface area contributed by atoms with E-state index in [-0.39, 0.29) is 87.5 Å². The molecule has 0 bridgehead atoms. The number of carbonyl (C=O) groups excluding carboxylic acids is 7. The van der Waals surface area contributed by atoms with Crippen molar-refractivity contribution in [1.82, 2.24) is 59.8 Å². The summed E-state index contributed by atoms with van der Waals surface area (Å²) in [6, 6.07) is 80.0. The van der Waals surface area contributed by atoms with Gasteiger partial charge in [0, 0.05) is 101 Å². The van der Waals surface area contributed by atoms with Crippen molar-refractivity contribution in [2.24, 2.45) is 35.1 Å². The maximum atomic E-state index is 13.1. The number of aliphatic carboxylic acids is 1. The number of nitrogens with zero attached hydrogens (tertiary/aromatic N) is 16. The van der Waals surface area contributed by atoms with E-state index >= 15 is 0 Å². The van der Waals surface area contributed by atoms with Crippen molar-refractivity contribution < 1.29 is 53.4 Å². The zero-order chi connectivity index (χ0) is 109. The van der Waals surface area contributed by atoms with Crippen LogP contribution in [0, 0.1) is 35.0 Å². The minimum atomic E-state index is -0.889. The zero-order valence-electron chi connectivity index (χ0n) is 83.1. The molecular weight excluding hydrogens is 2140 g/mol. The van der Waals surface area contributed by atoms with Crippen LogP contribution in [0.4, 0.5) is 51.2 Å². The van der Waals surface area contributed by atoms with Gasteiger partial charge in [-0.05, 0) is 192 Å². The van der Waals surface area contributed by atoms with Crippen molar-refractivity contribution in [3.8, 4) is 6.07 Å². The number of nitrogen functional groups attached to an aromatic ring is 1. The highest BCUT2D eigenvalue weighted by atomic mass is 79.9. The van der Waals surface area contributed by atoms with Crippen LogP contribution < -0.4 is 58.5 Å². The van der Waals surface area contributed by atoms with Crippen molar-refractivity contribution >= 4 is 175 Å². The molecule has 0 fully saturated rings. The normalized spacial score (nSPS) is 11.4. The lowest BCUT2D eigenvalue weighted by Gasteiger charge is -2.17. The van der Waals surface area contributed by atoms with Gasteiger partial charge < -0.3 is 68.7 Å². The van der Waals surface area contributed by atoms with E-state index in [0.717, 1.165) is 50.4 Å². The third-order valence-electron chi connectivity index (χ3n) is 21.7. The second kappa shape index (κ2) is 64.0. The second-order valence-electron chi connectivity index (χ2n) is 33.8. The maximum absolute atomic E-state index is 13.1. The Labute approximate surface area is 904 Å². The first kappa shape index (κ1) is 119. The fourth-order valence-electron chi connectivity index (χ4n) is 13.4. The number of hydrogen-bond donors (Lipinski definition) is 10. The van der Waals surface area contributed by atoms with Gasteiger partial charge >= 0.3 is 11.9 Å². The predicted octanol–water partition coefficient (Wildman–Crippen LogP) is 18.4. The summed E-state index contributed by atoms with van der Waals surface area (Å²) in [6.45, 7) is 3.62. The van der Waals surface area contributed by atoms with E-state index < -0.39 is 35.9 Å². The quantitative estimate of drug-likeness (QED) is 0.0135. The number of Topliss-reactive ketones (excluding diaryl/α,β-unsaturated/α-hetero) is 2. The number of nitrogens with one attached hydrogen (secondary N) is 5. The molecule has 6 heterocycles. The molecule has 35 nitrogen and oxygen atoms in total. The summed E-state index contributed by atoms with van der Waals surface area (Å²) in [5.41, 5.74) is 30.3. The number of anilines is 9. The molecule has 0 saturated heterocycles. The van der Waals surface area contributed by atoms with Gasteiger partial charge in [0.25, 0.3) is 0 Å². The molecule has 150 heavy (non-hydrogen) atoms. The van der Waals surface area contributed by atoms with Crippen molar-refractivity contribution in [2.75, 3.05) is 89.3 Å². The summed E-state index contributed by atoms with van der Waals surface area (Å²) in [5.74, 6) is -4.71. The lowest BCUT2D eigenvalue weighted by atomic mass is 9.91. The number of aromatic nitrogens is 12. The van der Waals surface area contributed by atoms with Crippen molar-refractivity contribution in [3.63, 3.8) is 0 Å². The number of rotatable bonds is 33. The molecule has 9 aromatic carbocycles. The molecule has 13 N–H and O–H groups in total. The number of nitrogens with two attached hydrogens (primary N) is 3. The molecule has 15 rings (SSSR count). The van der Waals surface area contributed by atoms with Gasteiger partial charge in [-0.1, -0.05) is 219 Å². The van der Waals surface area contributed by atoms with E-state index in [2.05, 4.69) is 134 Å². The zero-order valence-corrected chi connectivity index (χ0v) is 89.4. The van der Waals surface area contributed by atoms with Gasteiger partial charge in [0.1, 0.15) is 57.8 Å². The Morgan fingerprint density at radius 3 is 0.920 bits per heavy atom. The fourth-order valence-corrected chi connectivity index (χ4v) is 14.5. The van der Waals surface area contributed by atoms with Crippen LogP contribution in [0.25, 0.3) is 0 Å². The van der Waals surface area contributed by atoms with E-state index in [9.17, 15) is 48.4 Å². The van der Waals surface area contributed by atoms with E-state index in [4.69, 9.17) is 50.6 Å². The molecule has 0 unspecified atom stereocenters. The maximum Gasteiger partial charge on any atom is 0.335 e. The molecule has 5 amide bonds. The summed E-state index contributed by atoms with van der Waals surface area (Å²) in [5, 5.41) is 40.4. The van der Waals surface area contributed by atoms with Crippen LogP contribution in [0.1, 0.15) is 96.8 Å². The molecular formula is C110H113Br3Cl2N24O11. The van der Waals surface area contributed by atoms with Crippen molar-refractivity contribution in [1.29, 1.82) is 5.26 Å². The van der Waals surface area contributed by atoms with Crippen LogP contribution >= 0.6 is 71.0 Å². The topological polar surface area (TPSA) is 520 Å². The summed E-state index contributed by atoms with van der Waals surface area (Å²) in [7, 11) is 11.6. The molecule has 0 aliphatic carbocycles. The standard InChI is InChI=1S/C24H23N5O2.C23H23ClN4O2.C14H14BrN3O.C13H13BrN4O.C13H13ClN4O.C10H12O2.C9H11NO2.C4H4BrN3/c1-29(2)20-10-8-18(9-11-20)23(30)13-19(12-17-6-4-3-5-7-17)24(31)28-22-15-26-16-27-21(22)14-25;1-28(2)19-10-8-17(9-11-19)21(29)13-18(12-16-6-4-3-5-7-16)23(30)27-20-14-25-15-26-22(20)24;1-10(7-11-5-3-2-4-6-11)14(19)18-12-8-16-9-17-13(12)15;2*14-12-11(7-16-8-17-12)18-13(19)10(15)6-9-4-2-1-3-5-9;1-8(10(11)12)7-9-5-3-2-4-6-9;1-10(2)8-5-3-7(4-6-8)9(11)12;5-4-3(6)1-7-2-8-4/h3-11,15-16,19H,12-13H2,1-2H3,(H,28,31);3-11,14-15,18H,12-13H2,1-2H3,(H,27,30);2-6,8-10H,7H2,1H3,(H,18,19);2*1-5,7-8,10H,6,15H2,(H,18,19);2-6,8H,7H2,1H3,(H,11,12);3-6H,1-2H3,(H,11,12);1-2H,6H2/t19-;18-;3*10-;8-;;/m001111../s1. The second-order valence-corrected chi connectivity index (χ2v) is 36.8. The molecule has 40 heteroatoms. The molecule has 0 spiro atoms. The minimum Gasteiger partial charge on any atom is -0.481 e. The molecule has 0 saturated carbocycles. The Morgan fingerprint density at radius 2 is 0.613 bits per heavy atom. The number of benzene rings is 9. The first-order chi connectivity index (χ1) is 72.0. The number of carboxylic acids is 2. The Morgan fingerprint density at radius 1 is 0.340 bits per heavy atom. The first-order valence-electron chi connectivity index (χ1n) is 46.4. The number of hydrogen-bond acceptors (Lipinski definition) is 28. The fraction of sp³-hybridized carbons (Fsp3) is 0.200. The third kappa shape index (κ3) is 42.7. The van der Waals surface area contributed by atoms with Crippen molar-refractivity contribution in [2.45, 2.75) is 77.3 Å². The Bertz CT molecular complexity index is 6580. The van der Waals surface area contributed by atoms with Crippen LogP contribution in [0.3, 0.4) is 0 Å². The van der Waals surface area contributed by atoms with Gasteiger partial charge in [-0.2, -0.15) is 5.26 Å². The first-order valence-corrected chi connectivity index (χ1v) is 49.5. The van der Waals surface area contributed by atoms with Crippen LogP contribution in [0.15, 0.2) is 344 Å². The largest absolute Gasteiger partial charge is 0.481 e. The molecule has 15 aromatic rings. The van der Waals surface area contributed by atoms with Crippen LogP contribution in [-0.2, 0) is 67.3 Å². The molecule has 0 radical (unpaired) electrons. The lowest BCUT2D eigenvalue weighted by Crippen LogP contribution is -2.37. The summed E-state index contributed by atoms with van der Waals surface area (Å²) in [6.07, 6.45) is 20.2. The van der Waals surface area contributed by atoms with Gasteiger partial charge in [-0.3, -0.25) is 38.4 Å². The van der Waals surface area contributed by atoms with E-state index in [1.807, 2.05) is 276 Å². The van der Waals surface area contributed by atoms with Crippen molar-refractivity contribution in [3.05, 3.63) is 410 Å². The van der Waals surface area contributed by atoms with E-state index in [1.165, 1.54) is 68.9 Å². The number of carbonyl (C=O) groups is 9. The number of aromatic carboxylic acids is 1. The van der Waals surface area contributed by atoms with Crippen LogP contribution in [0.2, 0.25) is 10.3 Å². The summed E-state index contributed by atoms with van der Waals surface area (Å²) in [4.78, 5) is 161. The summed E-state index contributed by atoms with van der Waals surface area (Å²) >= 11 is 21.5. The van der Waals surface area contributed by atoms with Gasteiger partial charge in [-0.15, -0.1) is 0 Å². The van der Waals surface area contributed by atoms with Crippen LogP contribution in [0.5, 0.6) is 0 Å². The predicted molar refractivity (Wildman–Crippen MR) is 595 cm³/mol. The number of carboxylic acid groups (broad SMARTS) is 2. The molecule has 0 aliphatic heterocycles. The number of halogens is 5. The van der Waals surface area contributed by atoms with Gasteiger partial charge in [-0.25, -0.2) is 64.6 Å². The van der Waals surface area contributed by atoms with E-state index in [1.54, 1.807) is 61.7 Å². The molecule has 0 aliphatic rings. The number of ketones is 2. The third-order valence-corrected chi connectivity index (χ3v) is 24.2. The SMILES string of the molecule is CN(C)c1ccc(C(=O)C[C@H](Cc2ccccc2)C(=O)Nc2cncnc2C#N)cc1.CN(C)c1ccc(C(=O)C[C@H](Cc2ccccc2)C(=O)Nc2cncnc2Cl)cc1.CN(C)c1ccc(C(=O)O)cc1.C[C@H](Cc1ccccc1)C(=O)Nc1cncnc1Br.C[C@H](Cc1ccccc1)C(=O)O.N[C@H](Cc1ccccc1)C(=O)Nc1cncnc1Br.N[C@H](Cc1ccccc1)C(=O)Nc1cncnc1Cl.Nc1cncnc1Br. The molecule has 774 valence electrons. The minimum absolute atomic E-state index is 0.0393. The van der Waals surface area contributed by atoms with E-state index in [0.29, 0.717) is 97.5 Å². The average molecular weight is 2260 g/mol. The highest BCUT2D eigenvalue weighted by Gasteiger charge is 2.28. The van der Waals surface area contributed by atoms with Gasteiger partial charge in [0.15, 0.2) is 27.6 Å². The monoisotopic (exact) mass is 2250 g/mol. The molecule has 6 aromatic heterocycles. The van der Waals surface area contributed by atoms with Crippen LogP contribution in [-0.4, -0.2) is 177 Å². The smallest absolute Gasteiger partial charge is 0.335 e. The Kier molecular flexibility index (Phi) is 50.7. The lowest BCUT2D eigenvalue weighted by molar-refractivity contribution is -0.141. The highest BCUT2D eigenvalue weighted by molar-refractivity contribution is 9.11. The Balaban J connectivity index is 0.000000215.